The maximum absolute atomic E-state index is 12.4. The number of phenolic OH excluding ortho intramolecular Hbond substituents is 1. The highest BCUT2D eigenvalue weighted by atomic mass is 16.3. The second-order valence-electron chi connectivity index (χ2n) is 5.88. The van der Waals surface area contributed by atoms with Gasteiger partial charge in [0.15, 0.2) is 0 Å². The molecule has 2 saturated heterocycles. The van der Waals surface area contributed by atoms with E-state index >= 15 is 0 Å². The number of carbonyl (C=O) groups excluding carboxylic acids is 3. The van der Waals surface area contributed by atoms with Crippen LogP contribution in [0.4, 0.5) is 4.79 Å². The lowest BCUT2D eigenvalue weighted by Crippen LogP contribution is -2.44. The zero-order chi connectivity index (χ0) is 17.1. The van der Waals surface area contributed by atoms with Crippen molar-refractivity contribution in [2.45, 2.75) is 19.3 Å². The lowest BCUT2D eigenvalue weighted by Gasteiger charge is -2.27. The topological polar surface area (TPSA) is 90.0 Å². The molecule has 0 aliphatic carbocycles. The molecule has 2 heterocycles. The van der Waals surface area contributed by atoms with E-state index < -0.39 is 11.9 Å². The number of aromatic hydroxyl groups is 1. The molecule has 2 fully saturated rings. The molecule has 0 atom stereocenters. The van der Waals surface area contributed by atoms with Crippen molar-refractivity contribution >= 4 is 23.9 Å². The van der Waals surface area contributed by atoms with E-state index in [9.17, 15) is 19.5 Å². The fraction of sp³-hybridized carbons (Fsp3) is 0.353. The summed E-state index contributed by atoms with van der Waals surface area (Å²) in [7, 11) is 0. The molecule has 7 nitrogen and oxygen atoms in total. The third kappa shape index (κ3) is 3.24. The van der Waals surface area contributed by atoms with Crippen molar-refractivity contribution in [3.8, 4) is 5.75 Å². The number of hydrogen-bond acceptors (Lipinski definition) is 4. The highest BCUT2D eigenvalue weighted by molar-refractivity contribution is 6.15. The number of nitrogens with zero attached hydrogens (tertiary/aromatic N) is 2. The molecule has 2 aliphatic rings. The highest BCUT2D eigenvalue weighted by Crippen LogP contribution is 2.21. The van der Waals surface area contributed by atoms with Gasteiger partial charge >= 0.3 is 6.03 Å². The van der Waals surface area contributed by atoms with Gasteiger partial charge in [-0.25, -0.2) is 9.69 Å². The first-order chi connectivity index (χ1) is 11.6. The van der Waals surface area contributed by atoms with Gasteiger partial charge < -0.3 is 15.3 Å². The Kier molecular flexibility index (Phi) is 4.50. The Balaban J connectivity index is 1.72. The number of rotatable bonds is 3. The molecule has 0 bridgehead atoms. The summed E-state index contributed by atoms with van der Waals surface area (Å²) in [6.45, 7) is 1.08. The molecule has 4 amide bonds. The molecule has 7 heteroatoms. The number of piperidine rings is 1. The van der Waals surface area contributed by atoms with E-state index in [1.807, 2.05) is 0 Å². The molecule has 1 aromatic carbocycles. The summed E-state index contributed by atoms with van der Waals surface area (Å²) in [5, 5.41) is 12.2. The van der Waals surface area contributed by atoms with Crippen LogP contribution in [-0.4, -0.2) is 52.4 Å². The van der Waals surface area contributed by atoms with Gasteiger partial charge in [-0.2, -0.15) is 0 Å². The maximum atomic E-state index is 12.4. The van der Waals surface area contributed by atoms with E-state index in [1.54, 1.807) is 23.1 Å². The average Bonchev–Trinajstić information content (AvgIpc) is 2.85. The zero-order valence-electron chi connectivity index (χ0n) is 13.2. The third-order valence-corrected chi connectivity index (χ3v) is 4.20. The van der Waals surface area contributed by atoms with Gasteiger partial charge in [-0.15, -0.1) is 0 Å². The standard InChI is InChI=1S/C17H19N3O4/c21-14-7-3-2-6-12(14)10-13-16(23)20(17(24)18-13)11-15(22)19-8-4-1-5-9-19/h2-3,6-7,10,21H,1,4-5,8-9,11H2,(H,18,24)/b13-10-. The lowest BCUT2D eigenvalue weighted by atomic mass is 10.1. The van der Waals surface area contributed by atoms with E-state index in [-0.39, 0.29) is 23.9 Å². The Morgan fingerprint density at radius 3 is 2.58 bits per heavy atom. The summed E-state index contributed by atoms with van der Waals surface area (Å²) in [6, 6.07) is 5.88. The van der Waals surface area contributed by atoms with Crippen LogP contribution < -0.4 is 5.32 Å². The van der Waals surface area contributed by atoms with E-state index in [4.69, 9.17) is 0 Å². The van der Waals surface area contributed by atoms with Crippen LogP contribution in [0.15, 0.2) is 30.0 Å². The fourth-order valence-corrected chi connectivity index (χ4v) is 2.86. The molecule has 24 heavy (non-hydrogen) atoms. The zero-order valence-corrected chi connectivity index (χ0v) is 13.2. The van der Waals surface area contributed by atoms with Gasteiger partial charge in [0.25, 0.3) is 5.91 Å². The van der Waals surface area contributed by atoms with Crippen LogP contribution in [0.25, 0.3) is 6.08 Å². The molecule has 126 valence electrons. The minimum Gasteiger partial charge on any atom is -0.507 e. The molecule has 0 saturated carbocycles. The molecule has 0 radical (unpaired) electrons. The number of para-hydroxylation sites is 1. The number of benzene rings is 1. The normalized spacial score (nSPS) is 19.8. The molecule has 3 rings (SSSR count). The number of amides is 4. The van der Waals surface area contributed by atoms with Crippen LogP contribution in [0.3, 0.4) is 0 Å². The van der Waals surface area contributed by atoms with Crippen molar-refractivity contribution in [1.29, 1.82) is 0 Å². The summed E-state index contributed by atoms with van der Waals surface area (Å²) in [4.78, 5) is 39.2. The number of carbonyl (C=O) groups is 3. The Bertz CT molecular complexity index is 708. The monoisotopic (exact) mass is 329 g/mol. The van der Waals surface area contributed by atoms with Crippen LogP contribution in [0.5, 0.6) is 5.75 Å². The fourth-order valence-electron chi connectivity index (χ4n) is 2.86. The average molecular weight is 329 g/mol. The summed E-state index contributed by atoms with van der Waals surface area (Å²) in [5.74, 6) is -0.773. The van der Waals surface area contributed by atoms with Crippen LogP contribution >= 0.6 is 0 Å². The van der Waals surface area contributed by atoms with Crippen molar-refractivity contribution in [2.75, 3.05) is 19.6 Å². The Hall–Kier alpha value is -2.83. The molecular formula is C17H19N3O4. The van der Waals surface area contributed by atoms with Gasteiger partial charge in [0, 0.05) is 18.7 Å². The Labute approximate surface area is 139 Å². The van der Waals surface area contributed by atoms with Gasteiger partial charge in [-0.1, -0.05) is 18.2 Å². The van der Waals surface area contributed by atoms with E-state index in [2.05, 4.69) is 5.32 Å². The van der Waals surface area contributed by atoms with Gasteiger partial charge in [0.05, 0.1) is 0 Å². The predicted octanol–water partition coefficient (Wildman–Crippen LogP) is 1.30. The lowest BCUT2D eigenvalue weighted by molar-refractivity contribution is -0.136. The largest absolute Gasteiger partial charge is 0.507 e. The second kappa shape index (κ2) is 6.74. The maximum Gasteiger partial charge on any atom is 0.329 e. The SMILES string of the molecule is O=C(CN1C(=O)N/C(=C\c2ccccc2O)C1=O)N1CCCCC1. The first-order valence-electron chi connectivity index (χ1n) is 7.96. The van der Waals surface area contributed by atoms with Crippen LogP contribution in [0, 0.1) is 0 Å². The van der Waals surface area contributed by atoms with Crippen molar-refractivity contribution < 1.29 is 19.5 Å². The number of hydrogen-bond donors (Lipinski definition) is 2. The first kappa shape index (κ1) is 16.0. The molecule has 0 unspecified atom stereocenters. The van der Waals surface area contributed by atoms with E-state index in [0.29, 0.717) is 18.7 Å². The van der Waals surface area contributed by atoms with Gasteiger partial charge in [0.2, 0.25) is 5.91 Å². The molecule has 0 aromatic heterocycles. The summed E-state index contributed by atoms with van der Waals surface area (Å²) < 4.78 is 0. The second-order valence-corrected chi connectivity index (χ2v) is 5.88. The van der Waals surface area contributed by atoms with Crippen LogP contribution in [0.2, 0.25) is 0 Å². The first-order valence-corrected chi connectivity index (χ1v) is 7.96. The number of phenols is 1. The minimum absolute atomic E-state index is 0.00916. The number of likely N-dealkylation sites (tertiary alicyclic amines) is 1. The van der Waals surface area contributed by atoms with Gasteiger partial charge in [0.1, 0.15) is 18.0 Å². The van der Waals surface area contributed by atoms with Gasteiger partial charge in [-0.3, -0.25) is 9.59 Å². The van der Waals surface area contributed by atoms with Crippen LogP contribution in [-0.2, 0) is 9.59 Å². The van der Waals surface area contributed by atoms with Crippen molar-refractivity contribution in [3.05, 3.63) is 35.5 Å². The molecule has 0 spiro atoms. The number of imide groups is 1. The van der Waals surface area contributed by atoms with Gasteiger partial charge in [-0.05, 0) is 31.4 Å². The van der Waals surface area contributed by atoms with E-state index in [0.717, 1.165) is 24.2 Å². The summed E-state index contributed by atoms with van der Waals surface area (Å²) in [6.07, 6.45) is 4.40. The Morgan fingerprint density at radius 2 is 1.88 bits per heavy atom. The van der Waals surface area contributed by atoms with Crippen molar-refractivity contribution in [1.82, 2.24) is 15.1 Å². The number of urea groups is 1. The molecular weight excluding hydrogens is 310 g/mol. The number of nitrogens with one attached hydrogen (secondary N) is 1. The summed E-state index contributed by atoms with van der Waals surface area (Å²) >= 11 is 0. The third-order valence-electron chi connectivity index (χ3n) is 4.20. The predicted molar refractivity (Wildman–Crippen MR) is 86.8 cm³/mol. The van der Waals surface area contributed by atoms with E-state index in [1.165, 1.54) is 12.1 Å². The molecule has 2 aliphatic heterocycles. The van der Waals surface area contributed by atoms with Crippen LogP contribution in [0.1, 0.15) is 24.8 Å². The Morgan fingerprint density at radius 1 is 1.17 bits per heavy atom. The highest BCUT2D eigenvalue weighted by Gasteiger charge is 2.36. The smallest absolute Gasteiger partial charge is 0.329 e. The molecule has 1 aromatic rings. The molecule has 2 N–H and O–H groups in total. The quantitative estimate of drug-likeness (QED) is 0.646. The summed E-state index contributed by atoms with van der Waals surface area (Å²) in [5.41, 5.74) is 0.471. The van der Waals surface area contributed by atoms with Crippen molar-refractivity contribution in [3.63, 3.8) is 0 Å². The van der Waals surface area contributed by atoms with Crippen molar-refractivity contribution in [2.24, 2.45) is 0 Å². The minimum atomic E-state index is -0.618.